The van der Waals surface area contributed by atoms with Gasteiger partial charge in [-0.05, 0) is 18.6 Å². The molecule has 0 fully saturated rings. The lowest BCUT2D eigenvalue weighted by molar-refractivity contribution is -0.384. The van der Waals surface area contributed by atoms with Crippen LogP contribution in [-0.2, 0) is 0 Å². The summed E-state index contributed by atoms with van der Waals surface area (Å²) in [5.74, 6) is 0.331. The van der Waals surface area contributed by atoms with Gasteiger partial charge in [0.1, 0.15) is 6.20 Å². The van der Waals surface area contributed by atoms with E-state index in [0.717, 1.165) is 5.56 Å². The molecule has 7 nitrogen and oxygen atoms in total. The van der Waals surface area contributed by atoms with E-state index < -0.39 is 4.92 Å². The van der Waals surface area contributed by atoms with E-state index in [1.807, 2.05) is 6.92 Å². The highest BCUT2D eigenvalue weighted by Gasteiger charge is 2.18. The average molecular weight is 245 g/mol. The number of hydrogen-bond acceptors (Lipinski definition) is 6. The maximum atomic E-state index is 11.0. The van der Waals surface area contributed by atoms with Gasteiger partial charge < -0.3 is 5.32 Å². The Kier molecular flexibility index (Phi) is 3.13. The first-order valence-corrected chi connectivity index (χ1v) is 5.23. The molecule has 2 aromatic rings. The second-order valence-corrected chi connectivity index (χ2v) is 3.69. The lowest BCUT2D eigenvalue weighted by Gasteiger charge is -2.04. The van der Waals surface area contributed by atoms with Gasteiger partial charge in [-0.3, -0.25) is 15.1 Å². The lowest BCUT2D eigenvalue weighted by Crippen LogP contribution is -2.02. The van der Waals surface area contributed by atoms with E-state index >= 15 is 0 Å². The second kappa shape index (κ2) is 4.74. The molecular formula is C11H11N5O2. The zero-order valence-corrected chi connectivity index (χ0v) is 9.91. The minimum atomic E-state index is -0.503. The van der Waals surface area contributed by atoms with Crippen LogP contribution < -0.4 is 5.32 Å². The average Bonchev–Trinajstić information content (AvgIpc) is 2.38. The summed E-state index contributed by atoms with van der Waals surface area (Å²) < 4.78 is 0. The van der Waals surface area contributed by atoms with E-state index in [1.54, 1.807) is 25.5 Å². The predicted octanol–water partition coefficient (Wildman–Crippen LogP) is 1.80. The van der Waals surface area contributed by atoms with Gasteiger partial charge in [0.15, 0.2) is 5.69 Å². The van der Waals surface area contributed by atoms with Crippen LogP contribution >= 0.6 is 0 Å². The third-order valence-corrected chi connectivity index (χ3v) is 2.34. The first-order valence-electron chi connectivity index (χ1n) is 5.23. The molecule has 0 aliphatic heterocycles. The standard InChI is InChI=1S/C11H11N5O2/c1-7-3-8(5-13-4-7)10-9(16(17)18)6-14-11(12-2)15-10/h3-6H,1-2H3,(H,12,14,15). The minimum absolute atomic E-state index is 0.138. The molecule has 0 aliphatic rings. The van der Waals surface area contributed by atoms with Crippen molar-refractivity contribution in [1.82, 2.24) is 15.0 Å². The molecule has 0 saturated heterocycles. The molecule has 0 bridgehead atoms. The summed E-state index contributed by atoms with van der Waals surface area (Å²) in [7, 11) is 1.65. The normalized spacial score (nSPS) is 10.1. The Labute approximate surface area is 103 Å². The van der Waals surface area contributed by atoms with Crippen LogP contribution in [0.5, 0.6) is 0 Å². The predicted molar refractivity (Wildman–Crippen MR) is 66.2 cm³/mol. The van der Waals surface area contributed by atoms with E-state index in [9.17, 15) is 10.1 Å². The molecule has 2 rings (SSSR count). The molecule has 92 valence electrons. The quantitative estimate of drug-likeness (QED) is 0.654. The summed E-state index contributed by atoms with van der Waals surface area (Å²) in [5.41, 5.74) is 1.63. The van der Waals surface area contributed by atoms with Gasteiger partial charge in [0.2, 0.25) is 5.95 Å². The molecule has 0 amide bonds. The highest BCUT2D eigenvalue weighted by molar-refractivity contribution is 5.69. The third-order valence-electron chi connectivity index (χ3n) is 2.34. The SMILES string of the molecule is CNc1ncc([N+](=O)[O-])c(-c2cncc(C)c2)n1. The van der Waals surface area contributed by atoms with Crippen molar-refractivity contribution >= 4 is 11.6 Å². The van der Waals surface area contributed by atoms with Gasteiger partial charge in [0.25, 0.3) is 0 Å². The van der Waals surface area contributed by atoms with Crippen LogP contribution in [0.15, 0.2) is 24.7 Å². The number of pyridine rings is 1. The van der Waals surface area contributed by atoms with Crippen molar-refractivity contribution < 1.29 is 4.92 Å². The molecule has 0 atom stereocenters. The van der Waals surface area contributed by atoms with Crippen molar-refractivity contribution in [1.29, 1.82) is 0 Å². The van der Waals surface area contributed by atoms with Gasteiger partial charge in [-0.15, -0.1) is 0 Å². The largest absolute Gasteiger partial charge is 0.357 e. The van der Waals surface area contributed by atoms with Crippen molar-refractivity contribution in [2.45, 2.75) is 6.92 Å². The van der Waals surface area contributed by atoms with Crippen LogP contribution in [0.2, 0.25) is 0 Å². The molecule has 0 saturated carbocycles. The maximum absolute atomic E-state index is 11.0. The fourth-order valence-corrected chi connectivity index (χ4v) is 1.53. The van der Waals surface area contributed by atoms with Gasteiger partial charge in [-0.1, -0.05) is 0 Å². The Bertz CT molecular complexity index is 600. The number of aromatic nitrogens is 3. The van der Waals surface area contributed by atoms with Crippen LogP contribution in [0.3, 0.4) is 0 Å². The van der Waals surface area contributed by atoms with E-state index in [1.165, 1.54) is 6.20 Å². The van der Waals surface area contributed by atoms with Gasteiger partial charge in [-0.2, -0.15) is 0 Å². The van der Waals surface area contributed by atoms with Crippen molar-refractivity contribution in [2.75, 3.05) is 12.4 Å². The number of anilines is 1. The van der Waals surface area contributed by atoms with Crippen molar-refractivity contribution in [3.05, 3.63) is 40.3 Å². The fourth-order valence-electron chi connectivity index (χ4n) is 1.53. The number of aryl methyl sites for hydroxylation is 1. The molecule has 0 unspecified atom stereocenters. The van der Waals surface area contributed by atoms with Gasteiger partial charge >= 0.3 is 5.69 Å². The Balaban J connectivity index is 2.63. The zero-order valence-electron chi connectivity index (χ0n) is 9.91. The molecule has 0 spiro atoms. The summed E-state index contributed by atoms with van der Waals surface area (Å²) in [6, 6.07) is 1.79. The lowest BCUT2D eigenvalue weighted by atomic mass is 10.1. The van der Waals surface area contributed by atoms with Gasteiger partial charge in [-0.25, -0.2) is 9.97 Å². The molecule has 2 aromatic heterocycles. The van der Waals surface area contributed by atoms with Gasteiger partial charge in [0, 0.05) is 25.0 Å². The second-order valence-electron chi connectivity index (χ2n) is 3.69. The van der Waals surface area contributed by atoms with Crippen molar-refractivity contribution in [3.8, 4) is 11.3 Å². The van der Waals surface area contributed by atoms with Gasteiger partial charge in [0.05, 0.1) is 4.92 Å². The van der Waals surface area contributed by atoms with Crippen LogP contribution in [-0.4, -0.2) is 26.9 Å². The molecule has 0 aromatic carbocycles. The summed E-state index contributed by atoms with van der Waals surface area (Å²) in [6.45, 7) is 1.86. The Morgan fingerprint density at radius 2 is 2.11 bits per heavy atom. The molecule has 7 heteroatoms. The summed E-state index contributed by atoms with van der Waals surface area (Å²) in [5, 5.41) is 13.7. The molecular weight excluding hydrogens is 234 g/mol. The van der Waals surface area contributed by atoms with Crippen molar-refractivity contribution in [3.63, 3.8) is 0 Å². The summed E-state index contributed by atoms with van der Waals surface area (Å²) in [4.78, 5) is 22.4. The number of rotatable bonds is 3. The zero-order chi connectivity index (χ0) is 13.1. The molecule has 0 aliphatic carbocycles. The highest BCUT2D eigenvalue weighted by atomic mass is 16.6. The number of hydrogen-bond donors (Lipinski definition) is 1. The highest BCUT2D eigenvalue weighted by Crippen LogP contribution is 2.27. The van der Waals surface area contributed by atoms with E-state index in [2.05, 4.69) is 20.3 Å². The topological polar surface area (TPSA) is 93.8 Å². The molecule has 18 heavy (non-hydrogen) atoms. The first-order chi connectivity index (χ1) is 8.61. The number of nitro groups is 1. The number of nitrogens with one attached hydrogen (secondary N) is 1. The Morgan fingerprint density at radius 1 is 1.33 bits per heavy atom. The van der Waals surface area contributed by atoms with Crippen LogP contribution in [0, 0.1) is 17.0 Å². The minimum Gasteiger partial charge on any atom is -0.357 e. The number of nitrogens with zero attached hydrogens (tertiary/aromatic N) is 4. The Morgan fingerprint density at radius 3 is 2.72 bits per heavy atom. The maximum Gasteiger partial charge on any atom is 0.313 e. The van der Waals surface area contributed by atoms with Crippen molar-refractivity contribution in [2.24, 2.45) is 0 Å². The summed E-state index contributed by atoms with van der Waals surface area (Å²) >= 11 is 0. The smallest absolute Gasteiger partial charge is 0.313 e. The van der Waals surface area contributed by atoms with Crippen LogP contribution in [0.1, 0.15) is 5.56 Å². The monoisotopic (exact) mass is 245 g/mol. The van der Waals surface area contributed by atoms with E-state index in [-0.39, 0.29) is 11.4 Å². The van der Waals surface area contributed by atoms with E-state index in [4.69, 9.17) is 0 Å². The third kappa shape index (κ3) is 2.24. The molecule has 0 radical (unpaired) electrons. The molecule has 2 heterocycles. The van der Waals surface area contributed by atoms with Crippen LogP contribution in [0.25, 0.3) is 11.3 Å². The van der Waals surface area contributed by atoms with Crippen LogP contribution in [0.4, 0.5) is 11.6 Å². The van der Waals surface area contributed by atoms with E-state index in [0.29, 0.717) is 11.5 Å². The Hall–Kier alpha value is -2.57. The fraction of sp³-hybridized carbons (Fsp3) is 0.182. The molecule has 1 N–H and O–H groups in total. The summed E-state index contributed by atoms with van der Waals surface area (Å²) in [6.07, 6.45) is 4.41. The first kappa shape index (κ1) is 11.9.